The summed E-state index contributed by atoms with van der Waals surface area (Å²) in [5.74, 6) is 0.471. The lowest BCUT2D eigenvalue weighted by atomic mass is 9.85. The van der Waals surface area contributed by atoms with Crippen molar-refractivity contribution in [1.82, 2.24) is 14.3 Å². The molecule has 0 atom stereocenters. The normalized spacial score (nSPS) is 15.6. The molecule has 6 nitrogen and oxygen atoms in total. The number of anilines is 1. The molecule has 40 heavy (non-hydrogen) atoms. The predicted octanol–water partition coefficient (Wildman–Crippen LogP) is 7.09. The summed E-state index contributed by atoms with van der Waals surface area (Å²) in [7, 11) is -5.30. The largest absolute Gasteiger partial charge is 0.511 e. The first-order valence-corrected chi connectivity index (χ1v) is 14.8. The van der Waals surface area contributed by atoms with Crippen molar-refractivity contribution in [3.8, 4) is 0 Å². The first kappa shape index (κ1) is 28.6. The third-order valence-electron chi connectivity index (χ3n) is 7.16. The Balaban J connectivity index is 1.39. The third-order valence-corrected chi connectivity index (χ3v) is 9.30. The Hall–Kier alpha value is -2.92. The quantitative estimate of drug-likeness (QED) is 0.227. The minimum Gasteiger partial charge on any atom is -0.369 e. The summed E-state index contributed by atoms with van der Waals surface area (Å²) in [6, 6.07) is 21.3. The van der Waals surface area contributed by atoms with Gasteiger partial charge in [-0.05, 0) is 71.8 Å². The molecule has 210 valence electrons. The fraction of sp³-hybridized carbons (Fsp3) is 0.286. The maximum atomic E-state index is 12.9. The summed E-state index contributed by atoms with van der Waals surface area (Å²) in [5, 5.41) is 5.40. The highest BCUT2D eigenvalue weighted by atomic mass is 35.5. The molecule has 3 aromatic carbocycles. The number of nitrogens with one attached hydrogen (secondary N) is 1. The Kier molecular flexibility index (Phi) is 8.24. The van der Waals surface area contributed by atoms with Gasteiger partial charge in [0.15, 0.2) is 0 Å². The summed E-state index contributed by atoms with van der Waals surface area (Å²) in [4.78, 5) is 8.83. The van der Waals surface area contributed by atoms with E-state index in [2.05, 4.69) is 15.3 Å². The van der Waals surface area contributed by atoms with E-state index in [4.69, 9.17) is 23.2 Å². The Morgan fingerprint density at radius 3 is 1.98 bits per heavy atom. The fourth-order valence-electron chi connectivity index (χ4n) is 5.02. The molecule has 0 radical (unpaired) electrons. The Morgan fingerprint density at radius 1 is 0.875 bits per heavy atom. The number of piperidine rings is 1. The number of hydrogen-bond donors (Lipinski definition) is 1. The topological polar surface area (TPSA) is 75.2 Å². The molecule has 1 aliphatic rings. The van der Waals surface area contributed by atoms with Crippen LogP contribution < -0.4 is 5.32 Å². The summed E-state index contributed by atoms with van der Waals surface area (Å²) < 4.78 is 62.7. The van der Waals surface area contributed by atoms with Gasteiger partial charge in [-0.1, -0.05) is 53.5 Å². The second kappa shape index (κ2) is 11.5. The van der Waals surface area contributed by atoms with Gasteiger partial charge in [-0.15, -0.1) is 0 Å². The number of fused-ring (bicyclic) bond motifs is 1. The van der Waals surface area contributed by atoms with Gasteiger partial charge < -0.3 is 5.32 Å². The van der Waals surface area contributed by atoms with E-state index in [1.165, 1.54) is 6.33 Å². The van der Waals surface area contributed by atoms with Crippen molar-refractivity contribution >= 4 is 49.9 Å². The molecule has 0 spiro atoms. The van der Waals surface area contributed by atoms with Crippen molar-refractivity contribution in [2.45, 2.75) is 24.3 Å². The van der Waals surface area contributed by atoms with Crippen LogP contribution in [0.5, 0.6) is 0 Å². The molecule has 12 heteroatoms. The monoisotopic (exact) mass is 608 g/mol. The van der Waals surface area contributed by atoms with Gasteiger partial charge in [-0.2, -0.15) is 17.5 Å². The smallest absolute Gasteiger partial charge is 0.369 e. The number of rotatable bonds is 7. The maximum Gasteiger partial charge on any atom is 0.511 e. The summed E-state index contributed by atoms with van der Waals surface area (Å²) in [5.41, 5.74) is -1.47. The van der Waals surface area contributed by atoms with E-state index in [1.807, 2.05) is 66.7 Å². The summed E-state index contributed by atoms with van der Waals surface area (Å²) >= 11 is 12.3. The van der Waals surface area contributed by atoms with E-state index in [0.29, 0.717) is 39.6 Å². The number of benzene rings is 3. The van der Waals surface area contributed by atoms with Crippen LogP contribution in [-0.2, 0) is 10.0 Å². The van der Waals surface area contributed by atoms with E-state index in [0.717, 1.165) is 27.6 Å². The van der Waals surface area contributed by atoms with Gasteiger partial charge in [-0.25, -0.2) is 18.4 Å². The molecule has 4 aromatic rings. The van der Waals surface area contributed by atoms with Gasteiger partial charge in [0.05, 0.1) is 5.52 Å². The van der Waals surface area contributed by atoms with E-state index in [9.17, 15) is 21.6 Å². The molecule has 0 saturated carbocycles. The van der Waals surface area contributed by atoms with Crippen LogP contribution in [0.1, 0.15) is 35.4 Å². The molecule has 1 fully saturated rings. The van der Waals surface area contributed by atoms with Gasteiger partial charge in [0.25, 0.3) is 0 Å². The van der Waals surface area contributed by atoms with Crippen LogP contribution in [0.15, 0.2) is 73.1 Å². The second-order valence-corrected chi connectivity index (χ2v) is 12.5. The molecule has 0 bridgehead atoms. The van der Waals surface area contributed by atoms with E-state index in [-0.39, 0.29) is 24.9 Å². The van der Waals surface area contributed by atoms with Gasteiger partial charge in [-0.3, -0.25) is 0 Å². The van der Waals surface area contributed by atoms with Crippen LogP contribution in [0.25, 0.3) is 10.9 Å². The minimum atomic E-state index is -5.30. The van der Waals surface area contributed by atoms with Crippen LogP contribution in [0.2, 0.25) is 10.0 Å². The van der Waals surface area contributed by atoms with Crippen molar-refractivity contribution < 1.29 is 21.6 Å². The lowest BCUT2D eigenvalue weighted by molar-refractivity contribution is -0.0496. The predicted molar refractivity (Wildman–Crippen MR) is 151 cm³/mol. The van der Waals surface area contributed by atoms with Crippen LogP contribution >= 0.6 is 23.2 Å². The Morgan fingerprint density at radius 2 is 1.43 bits per heavy atom. The molecular weight excluding hydrogens is 584 g/mol. The zero-order valence-corrected chi connectivity index (χ0v) is 23.4. The number of sulfonamides is 1. The average molecular weight is 610 g/mol. The average Bonchev–Trinajstić information content (AvgIpc) is 2.93. The fourth-order valence-corrected chi connectivity index (χ4v) is 6.26. The van der Waals surface area contributed by atoms with Crippen LogP contribution in [-0.4, -0.2) is 47.8 Å². The van der Waals surface area contributed by atoms with Crippen molar-refractivity contribution in [2.75, 3.05) is 25.0 Å². The molecule has 1 N–H and O–H groups in total. The molecule has 1 aliphatic heterocycles. The Labute approximate surface area is 240 Å². The molecule has 5 rings (SSSR count). The third kappa shape index (κ3) is 6.05. The van der Waals surface area contributed by atoms with Crippen LogP contribution in [0.3, 0.4) is 0 Å². The molecule has 0 amide bonds. The van der Waals surface area contributed by atoms with E-state index in [1.54, 1.807) is 0 Å². The summed E-state index contributed by atoms with van der Waals surface area (Å²) in [6.45, 7) is 0.0908. The molecule has 0 aliphatic carbocycles. The highest BCUT2D eigenvalue weighted by Crippen LogP contribution is 2.36. The highest BCUT2D eigenvalue weighted by Gasteiger charge is 2.50. The van der Waals surface area contributed by atoms with Crippen LogP contribution in [0.4, 0.5) is 19.0 Å². The van der Waals surface area contributed by atoms with Gasteiger partial charge in [0.2, 0.25) is 0 Å². The summed E-state index contributed by atoms with van der Waals surface area (Å²) in [6.07, 6.45) is 2.08. The molecule has 2 heterocycles. The van der Waals surface area contributed by atoms with Crippen molar-refractivity contribution in [1.29, 1.82) is 0 Å². The molecule has 1 aromatic heterocycles. The second-order valence-electron chi connectivity index (χ2n) is 9.71. The zero-order valence-electron chi connectivity index (χ0n) is 21.1. The lowest BCUT2D eigenvalue weighted by Gasteiger charge is -2.31. The Bertz CT molecular complexity index is 1550. The van der Waals surface area contributed by atoms with Crippen molar-refractivity contribution in [3.05, 3.63) is 99.8 Å². The first-order valence-electron chi connectivity index (χ1n) is 12.6. The highest BCUT2D eigenvalue weighted by molar-refractivity contribution is 7.90. The molecule has 0 unspecified atom stereocenters. The van der Waals surface area contributed by atoms with E-state index < -0.39 is 15.5 Å². The lowest BCUT2D eigenvalue weighted by Crippen LogP contribution is -2.45. The minimum absolute atomic E-state index is 0.0104. The SMILES string of the molecule is O=S(=O)(N1CCC(CNc2ncnc3ccc(C(c4ccc(Cl)cc4)c4ccc(Cl)cc4)cc23)CC1)C(F)(F)F. The number of aromatic nitrogens is 2. The van der Waals surface area contributed by atoms with Crippen LogP contribution in [0, 0.1) is 5.92 Å². The molecular formula is C28H25Cl2F3N4O2S. The van der Waals surface area contributed by atoms with Crippen molar-refractivity contribution in [3.63, 3.8) is 0 Å². The number of nitrogens with zero attached hydrogens (tertiary/aromatic N) is 3. The van der Waals surface area contributed by atoms with Gasteiger partial charge >= 0.3 is 15.5 Å². The number of halogens is 5. The number of alkyl halides is 3. The number of hydrogen-bond acceptors (Lipinski definition) is 5. The first-order chi connectivity index (χ1) is 19.0. The standard InChI is InChI=1S/C28H25Cl2F3N4O2S/c29-22-6-1-19(2-7-22)26(20-3-8-23(30)9-4-20)21-5-10-25-24(15-21)27(36-17-35-25)34-16-18-11-13-37(14-12-18)40(38,39)28(31,32)33/h1-10,15,17-18,26H,11-14,16H2,(H,34,35,36). The van der Waals surface area contributed by atoms with E-state index >= 15 is 0 Å². The zero-order chi connectivity index (χ0) is 28.5. The maximum absolute atomic E-state index is 12.9. The van der Waals surface area contributed by atoms with Gasteiger partial charge in [0, 0.05) is 41.0 Å². The van der Waals surface area contributed by atoms with Gasteiger partial charge in [0.1, 0.15) is 12.1 Å². The van der Waals surface area contributed by atoms with Crippen molar-refractivity contribution in [2.24, 2.45) is 5.92 Å². The molecule has 1 saturated heterocycles.